The van der Waals surface area contributed by atoms with Crippen LogP contribution in [0.5, 0.6) is 0 Å². The second-order valence-corrected chi connectivity index (χ2v) is 6.74. The maximum atomic E-state index is 12.3. The number of hydrogen-bond acceptors (Lipinski definition) is 6. The SMILES string of the molecule is CNc1ncnc2c1cnn2CC(=O)NCc1cccc(C(=O)NC2CC2)c1. The highest BCUT2D eigenvalue weighted by Gasteiger charge is 2.23. The third-order valence-electron chi connectivity index (χ3n) is 4.56. The number of anilines is 1. The molecule has 3 N–H and O–H groups in total. The van der Waals surface area contributed by atoms with Crippen molar-refractivity contribution in [2.75, 3.05) is 12.4 Å². The average Bonchev–Trinajstić information content (AvgIpc) is 3.44. The first-order valence-electron chi connectivity index (χ1n) is 9.15. The van der Waals surface area contributed by atoms with Crippen molar-refractivity contribution in [2.45, 2.75) is 32.0 Å². The van der Waals surface area contributed by atoms with Crippen LogP contribution in [0.15, 0.2) is 36.8 Å². The first-order chi connectivity index (χ1) is 13.6. The summed E-state index contributed by atoms with van der Waals surface area (Å²) < 4.78 is 1.53. The number of nitrogens with one attached hydrogen (secondary N) is 3. The van der Waals surface area contributed by atoms with Crippen LogP contribution in [0, 0.1) is 0 Å². The van der Waals surface area contributed by atoms with Crippen molar-refractivity contribution >= 4 is 28.7 Å². The van der Waals surface area contributed by atoms with E-state index in [1.54, 1.807) is 25.4 Å². The van der Waals surface area contributed by atoms with Gasteiger partial charge in [0.25, 0.3) is 5.91 Å². The van der Waals surface area contributed by atoms with Crippen LogP contribution < -0.4 is 16.0 Å². The third kappa shape index (κ3) is 3.93. The number of carbonyl (C=O) groups is 2. The van der Waals surface area contributed by atoms with Crippen molar-refractivity contribution in [3.05, 3.63) is 47.9 Å². The van der Waals surface area contributed by atoms with E-state index >= 15 is 0 Å². The predicted octanol–water partition coefficient (Wildman–Crippen LogP) is 1.08. The Morgan fingerprint density at radius 1 is 1.25 bits per heavy atom. The molecule has 1 saturated carbocycles. The van der Waals surface area contributed by atoms with Crippen molar-refractivity contribution in [3.8, 4) is 0 Å². The number of nitrogens with zero attached hydrogens (tertiary/aromatic N) is 4. The minimum absolute atomic E-state index is 0.0471. The molecule has 9 heteroatoms. The molecule has 1 aliphatic rings. The highest BCUT2D eigenvalue weighted by molar-refractivity contribution is 5.94. The van der Waals surface area contributed by atoms with E-state index < -0.39 is 0 Å². The molecule has 4 rings (SSSR count). The standard InChI is InChI=1S/C19H21N7O2/c1-20-17-15-9-24-26(18(15)23-11-22-17)10-16(27)21-8-12-3-2-4-13(7-12)19(28)25-14-5-6-14/h2-4,7,9,11,14H,5-6,8,10H2,1H3,(H,21,27)(H,25,28)(H,20,22,23). The maximum absolute atomic E-state index is 12.3. The van der Waals surface area contributed by atoms with Crippen molar-refractivity contribution in [1.82, 2.24) is 30.4 Å². The van der Waals surface area contributed by atoms with Gasteiger partial charge in [0, 0.05) is 25.2 Å². The zero-order chi connectivity index (χ0) is 19.5. The molecule has 2 heterocycles. The molecule has 2 aromatic heterocycles. The van der Waals surface area contributed by atoms with Gasteiger partial charge < -0.3 is 16.0 Å². The van der Waals surface area contributed by atoms with Gasteiger partial charge in [-0.15, -0.1) is 0 Å². The summed E-state index contributed by atoms with van der Waals surface area (Å²) in [5.41, 5.74) is 2.06. The van der Waals surface area contributed by atoms with Gasteiger partial charge in [-0.2, -0.15) is 5.10 Å². The minimum Gasteiger partial charge on any atom is -0.372 e. The Bertz CT molecular complexity index is 1030. The van der Waals surface area contributed by atoms with Crippen molar-refractivity contribution < 1.29 is 9.59 Å². The Morgan fingerprint density at radius 3 is 2.89 bits per heavy atom. The van der Waals surface area contributed by atoms with E-state index in [1.807, 2.05) is 12.1 Å². The lowest BCUT2D eigenvalue weighted by molar-refractivity contribution is -0.121. The summed E-state index contributed by atoms with van der Waals surface area (Å²) in [4.78, 5) is 32.8. The second kappa shape index (κ2) is 7.63. The van der Waals surface area contributed by atoms with E-state index in [1.165, 1.54) is 11.0 Å². The summed E-state index contributed by atoms with van der Waals surface area (Å²) in [6.45, 7) is 0.380. The number of aromatic nitrogens is 4. The topological polar surface area (TPSA) is 114 Å². The minimum atomic E-state index is -0.192. The Morgan fingerprint density at radius 2 is 2.11 bits per heavy atom. The van der Waals surface area contributed by atoms with Crippen LogP contribution in [0.1, 0.15) is 28.8 Å². The highest BCUT2D eigenvalue weighted by Crippen LogP contribution is 2.19. The van der Waals surface area contributed by atoms with E-state index in [2.05, 4.69) is 31.0 Å². The normalized spacial score (nSPS) is 13.3. The van der Waals surface area contributed by atoms with Gasteiger partial charge in [-0.3, -0.25) is 9.59 Å². The molecule has 0 spiro atoms. The molecule has 0 unspecified atom stereocenters. The fourth-order valence-electron chi connectivity index (χ4n) is 2.92. The highest BCUT2D eigenvalue weighted by atomic mass is 16.2. The van der Waals surface area contributed by atoms with Crippen LogP contribution in [-0.2, 0) is 17.9 Å². The van der Waals surface area contributed by atoms with Gasteiger partial charge in [-0.05, 0) is 30.5 Å². The second-order valence-electron chi connectivity index (χ2n) is 6.74. The van der Waals surface area contributed by atoms with Gasteiger partial charge in [-0.25, -0.2) is 14.6 Å². The quantitative estimate of drug-likeness (QED) is 0.566. The molecule has 2 amide bonds. The Hall–Kier alpha value is -3.49. The van der Waals surface area contributed by atoms with Crippen LogP contribution in [0.25, 0.3) is 11.0 Å². The number of fused-ring (bicyclic) bond motifs is 1. The van der Waals surface area contributed by atoms with E-state index in [4.69, 9.17) is 0 Å². The zero-order valence-electron chi connectivity index (χ0n) is 15.5. The third-order valence-corrected chi connectivity index (χ3v) is 4.56. The van der Waals surface area contributed by atoms with E-state index in [0.717, 1.165) is 23.8 Å². The van der Waals surface area contributed by atoms with Gasteiger partial charge in [-0.1, -0.05) is 12.1 Å². The summed E-state index contributed by atoms with van der Waals surface area (Å²) in [6, 6.07) is 7.59. The number of amides is 2. The number of benzene rings is 1. The molecule has 0 radical (unpaired) electrons. The molecular weight excluding hydrogens is 358 g/mol. The van der Waals surface area contributed by atoms with Gasteiger partial charge in [0.15, 0.2) is 5.65 Å². The smallest absolute Gasteiger partial charge is 0.251 e. The molecule has 1 aromatic carbocycles. The zero-order valence-corrected chi connectivity index (χ0v) is 15.5. The molecule has 0 saturated heterocycles. The molecule has 1 fully saturated rings. The molecule has 0 aliphatic heterocycles. The lowest BCUT2D eigenvalue weighted by Crippen LogP contribution is -2.28. The largest absolute Gasteiger partial charge is 0.372 e. The van der Waals surface area contributed by atoms with E-state index in [0.29, 0.717) is 29.6 Å². The van der Waals surface area contributed by atoms with Crippen LogP contribution in [-0.4, -0.2) is 44.7 Å². The molecule has 144 valence electrons. The summed E-state index contributed by atoms with van der Waals surface area (Å²) in [5.74, 6) is 0.402. The van der Waals surface area contributed by atoms with Crippen LogP contribution in [0.3, 0.4) is 0 Å². The summed E-state index contributed by atoms with van der Waals surface area (Å²) in [7, 11) is 1.77. The summed E-state index contributed by atoms with van der Waals surface area (Å²) >= 11 is 0. The number of hydrogen-bond donors (Lipinski definition) is 3. The van der Waals surface area contributed by atoms with Crippen molar-refractivity contribution in [2.24, 2.45) is 0 Å². The monoisotopic (exact) mass is 379 g/mol. The average molecular weight is 379 g/mol. The number of carbonyl (C=O) groups excluding carboxylic acids is 2. The first-order valence-corrected chi connectivity index (χ1v) is 9.15. The maximum Gasteiger partial charge on any atom is 0.251 e. The van der Waals surface area contributed by atoms with Gasteiger partial charge in [0.05, 0.1) is 11.6 Å². The molecule has 1 aliphatic carbocycles. The van der Waals surface area contributed by atoms with Gasteiger partial charge in [0.2, 0.25) is 5.91 Å². The molecule has 3 aromatic rings. The van der Waals surface area contributed by atoms with Crippen molar-refractivity contribution in [1.29, 1.82) is 0 Å². The first kappa shape index (κ1) is 17.9. The van der Waals surface area contributed by atoms with E-state index in [-0.39, 0.29) is 18.4 Å². The Kier molecular flexibility index (Phi) is 4.88. The Balaban J connectivity index is 1.38. The molecule has 0 atom stereocenters. The molecule has 28 heavy (non-hydrogen) atoms. The predicted molar refractivity (Wildman–Crippen MR) is 104 cm³/mol. The van der Waals surface area contributed by atoms with Crippen LogP contribution in [0.4, 0.5) is 5.82 Å². The fraction of sp³-hybridized carbons (Fsp3) is 0.316. The van der Waals surface area contributed by atoms with Crippen LogP contribution >= 0.6 is 0 Å². The summed E-state index contributed by atoms with van der Waals surface area (Å²) in [6.07, 6.45) is 5.16. The molecule has 0 bridgehead atoms. The fourth-order valence-corrected chi connectivity index (χ4v) is 2.92. The summed E-state index contributed by atoms with van der Waals surface area (Å²) in [5, 5.41) is 13.8. The van der Waals surface area contributed by atoms with Gasteiger partial charge in [0.1, 0.15) is 18.7 Å². The van der Waals surface area contributed by atoms with Crippen LogP contribution in [0.2, 0.25) is 0 Å². The van der Waals surface area contributed by atoms with Crippen molar-refractivity contribution in [3.63, 3.8) is 0 Å². The number of rotatable bonds is 7. The van der Waals surface area contributed by atoms with Gasteiger partial charge >= 0.3 is 0 Å². The molecule has 9 nitrogen and oxygen atoms in total. The molecular formula is C19H21N7O2. The lowest BCUT2D eigenvalue weighted by atomic mass is 10.1. The lowest BCUT2D eigenvalue weighted by Gasteiger charge is -2.08. The Labute approximate surface area is 161 Å². The van der Waals surface area contributed by atoms with E-state index in [9.17, 15) is 9.59 Å².